The molecule has 1 amide bonds. The molecule has 0 saturated carbocycles. The van der Waals surface area contributed by atoms with Crippen LogP contribution in [-0.2, 0) is 20.2 Å². The van der Waals surface area contributed by atoms with Crippen LogP contribution in [0.3, 0.4) is 0 Å². The number of ether oxygens (including phenoxy) is 1. The molecule has 3 rings (SSSR count). The summed E-state index contributed by atoms with van der Waals surface area (Å²) in [5.41, 5.74) is 1.39. The van der Waals surface area contributed by atoms with Gasteiger partial charge in [-0.3, -0.25) is 9.10 Å². The minimum absolute atomic E-state index is 0.0160. The molecule has 7 nitrogen and oxygen atoms in total. The van der Waals surface area contributed by atoms with Crippen LogP contribution in [0.1, 0.15) is 39.2 Å². The number of carbonyl (C=O) groups excluding carboxylic acids is 1. The van der Waals surface area contributed by atoms with Crippen molar-refractivity contribution >= 4 is 21.6 Å². The molecule has 28 heavy (non-hydrogen) atoms. The van der Waals surface area contributed by atoms with Crippen LogP contribution in [-0.4, -0.2) is 64.3 Å². The third-order valence-electron chi connectivity index (χ3n) is 5.45. The lowest BCUT2D eigenvalue weighted by Gasteiger charge is -2.36. The van der Waals surface area contributed by atoms with Gasteiger partial charge < -0.3 is 15.0 Å². The number of carbonyl (C=O) groups is 1. The highest BCUT2D eigenvalue weighted by Crippen LogP contribution is 2.38. The van der Waals surface area contributed by atoms with Gasteiger partial charge in [0.25, 0.3) is 5.91 Å². The molecule has 0 radical (unpaired) electrons. The average molecular weight is 410 g/mol. The molecular formula is C20H31N3O4S. The van der Waals surface area contributed by atoms with E-state index in [0.29, 0.717) is 11.4 Å². The number of hydrogen-bond donors (Lipinski definition) is 1. The lowest BCUT2D eigenvalue weighted by Crippen LogP contribution is -2.53. The number of likely N-dealkylation sites (tertiary alicyclic amines) is 1. The van der Waals surface area contributed by atoms with Crippen molar-refractivity contribution in [3.05, 3.63) is 23.8 Å². The molecule has 0 aliphatic carbocycles. The zero-order chi connectivity index (χ0) is 20.7. The SMILES string of the molecule is CN1CCC(NC(=O)[C@@H]2CN(S(C)(=O)=O)c3cc(C(C)(C)C)ccc3O2)CC1. The molecule has 1 N–H and O–H groups in total. The number of piperidine rings is 1. The molecule has 8 heteroatoms. The largest absolute Gasteiger partial charge is 0.476 e. The van der Waals surface area contributed by atoms with Gasteiger partial charge >= 0.3 is 0 Å². The fourth-order valence-electron chi connectivity index (χ4n) is 3.62. The monoisotopic (exact) mass is 409 g/mol. The molecule has 1 aromatic rings. The molecule has 0 aromatic heterocycles. The molecule has 1 saturated heterocycles. The van der Waals surface area contributed by atoms with Crippen molar-refractivity contribution in [2.24, 2.45) is 0 Å². The summed E-state index contributed by atoms with van der Waals surface area (Å²) < 4.78 is 32.1. The van der Waals surface area contributed by atoms with Gasteiger partial charge in [-0.2, -0.15) is 0 Å². The van der Waals surface area contributed by atoms with Gasteiger partial charge in [0.15, 0.2) is 6.10 Å². The van der Waals surface area contributed by atoms with Crippen LogP contribution in [0.5, 0.6) is 5.75 Å². The summed E-state index contributed by atoms with van der Waals surface area (Å²) in [5, 5.41) is 3.04. The topological polar surface area (TPSA) is 79.0 Å². The Morgan fingerprint density at radius 2 is 1.86 bits per heavy atom. The van der Waals surface area contributed by atoms with E-state index in [1.807, 2.05) is 12.1 Å². The molecular weight excluding hydrogens is 378 g/mol. The number of nitrogens with zero attached hydrogens (tertiary/aromatic N) is 2. The number of fused-ring (bicyclic) bond motifs is 1. The number of anilines is 1. The van der Waals surface area contributed by atoms with E-state index >= 15 is 0 Å². The molecule has 0 bridgehead atoms. The third-order valence-corrected chi connectivity index (χ3v) is 6.60. The molecule has 1 atom stereocenters. The number of sulfonamides is 1. The van der Waals surface area contributed by atoms with E-state index in [1.165, 1.54) is 4.31 Å². The maximum atomic E-state index is 12.8. The summed E-state index contributed by atoms with van der Waals surface area (Å²) in [6, 6.07) is 5.64. The second kappa shape index (κ2) is 7.55. The second-order valence-electron chi connectivity index (χ2n) is 8.92. The minimum atomic E-state index is -3.54. The van der Waals surface area contributed by atoms with Crippen LogP contribution >= 0.6 is 0 Å². The Hall–Kier alpha value is -1.80. The van der Waals surface area contributed by atoms with Gasteiger partial charge in [-0.25, -0.2) is 8.42 Å². The van der Waals surface area contributed by atoms with Crippen molar-refractivity contribution in [1.82, 2.24) is 10.2 Å². The van der Waals surface area contributed by atoms with Crippen LogP contribution in [0.25, 0.3) is 0 Å². The quantitative estimate of drug-likeness (QED) is 0.822. The maximum Gasteiger partial charge on any atom is 0.263 e. The summed E-state index contributed by atoms with van der Waals surface area (Å²) in [4.78, 5) is 15.0. The fourth-order valence-corrected chi connectivity index (χ4v) is 4.52. The van der Waals surface area contributed by atoms with E-state index in [0.717, 1.165) is 37.8 Å². The summed E-state index contributed by atoms with van der Waals surface area (Å²) in [6.07, 6.45) is 2.08. The lowest BCUT2D eigenvalue weighted by atomic mass is 9.86. The van der Waals surface area contributed by atoms with E-state index in [2.05, 4.69) is 38.0 Å². The normalized spacial score (nSPS) is 21.8. The Morgan fingerprint density at radius 3 is 2.43 bits per heavy atom. The molecule has 2 aliphatic heterocycles. The molecule has 0 spiro atoms. The molecule has 2 heterocycles. The average Bonchev–Trinajstić information content (AvgIpc) is 2.60. The Morgan fingerprint density at radius 1 is 1.21 bits per heavy atom. The van der Waals surface area contributed by atoms with Crippen molar-refractivity contribution in [1.29, 1.82) is 0 Å². The zero-order valence-electron chi connectivity index (χ0n) is 17.4. The van der Waals surface area contributed by atoms with E-state index in [4.69, 9.17) is 4.74 Å². The highest BCUT2D eigenvalue weighted by molar-refractivity contribution is 7.92. The zero-order valence-corrected chi connectivity index (χ0v) is 18.2. The van der Waals surface area contributed by atoms with Crippen LogP contribution < -0.4 is 14.4 Å². The second-order valence-corrected chi connectivity index (χ2v) is 10.8. The van der Waals surface area contributed by atoms with Crippen molar-refractivity contribution in [2.45, 2.75) is 51.2 Å². The van der Waals surface area contributed by atoms with Crippen molar-refractivity contribution < 1.29 is 17.9 Å². The van der Waals surface area contributed by atoms with Gasteiger partial charge in [-0.15, -0.1) is 0 Å². The Kier molecular flexibility index (Phi) is 5.64. The van der Waals surface area contributed by atoms with Crippen LogP contribution in [0.2, 0.25) is 0 Å². The number of nitrogens with one attached hydrogen (secondary N) is 1. The Labute approximate surface area is 168 Å². The first kappa shape index (κ1) is 20.9. The summed E-state index contributed by atoms with van der Waals surface area (Å²) in [6.45, 7) is 8.07. The number of amides is 1. The molecule has 1 aromatic carbocycles. The van der Waals surface area contributed by atoms with E-state index in [9.17, 15) is 13.2 Å². The Bertz CT molecular complexity index is 839. The van der Waals surface area contributed by atoms with Crippen LogP contribution in [0.15, 0.2) is 18.2 Å². The van der Waals surface area contributed by atoms with Crippen LogP contribution in [0, 0.1) is 0 Å². The Balaban J connectivity index is 1.83. The van der Waals surface area contributed by atoms with Crippen molar-refractivity contribution in [3.63, 3.8) is 0 Å². The first-order valence-corrected chi connectivity index (χ1v) is 11.6. The molecule has 2 aliphatic rings. The summed E-state index contributed by atoms with van der Waals surface area (Å²) in [5.74, 6) is 0.168. The summed E-state index contributed by atoms with van der Waals surface area (Å²) >= 11 is 0. The predicted octanol–water partition coefficient (Wildman–Crippen LogP) is 1.72. The molecule has 1 fully saturated rings. The fraction of sp³-hybridized carbons (Fsp3) is 0.650. The smallest absolute Gasteiger partial charge is 0.263 e. The first-order chi connectivity index (χ1) is 12.9. The van der Waals surface area contributed by atoms with Gasteiger partial charge in [-0.05, 0) is 56.1 Å². The van der Waals surface area contributed by atoms with E-state index in [1.54, 1.807) is 6.07 Å². The third kappa shape index (κ3) is 4.60. The van der Waals surface area contributed by atoms with Crippen molar-refractivity contribution in [2.75, 3.05) is 37.2 Å². The number of hydrogen-bond acceptors (Lipinski definition) is 5. The molecule has 156 valence electrons. The van der Waals surface area contributed by atoms with Crippen LogP contribution in [0.4, 0.5) is 5.69 Å². The number of rotatable bonds is 3. The van der Waals surface area contributed by atoms with E-state index in [-0.39, 0.29) is 23.9 Å². The van der Waals surface area contributed by atoms with Gasteiger partial charge in [-0.1, -0.05) is 26.8 Å². The van der Waals surface area contributed by atoms with Gasteiger partial charge in [0.05, 0.1) is 18.5 Å². The summed E-state index contributed by atoms with van der Waals surface area (Å²) in [7, 11) is -1.48. The van der Waals surface area contributed by atoms with Gasteiger partial charge in [0, 0.05) is 6.04 Å². The molecule has 0 unspecified atom stereocenters. The van der Waals surface area contributed by atoms with Gasteiger partial charge in [0.2, 0.25) is 10.0 Å². The van der Waals surface area contributed by atoms with Crippen molar-refractivity contribution in [3.8, 4) is 5.75 Å². The van der Waals surface area contributed by atoms with E-state index < -0.39 is 16.1 Å². The highest BCUT2D eigenvalue weighted by atomic mass is 32.2. The lowest BCUT2D eigenvalue weighted by molar-refractivity contribution is -0.128. The maximum absolute atomic E-state index is 12.8. The first-order valence-electron chi connectivity index (χ1n) is 9.73. The van der Waals surface area contributed by atoms with Gasteiger partial charge in [0.1, 0.15) is 5.75 Å². The highest BCUT2D eigenvalue weighted by Gasteiger charge is 2.36. The standard InChI is InChI=1S/C20H31N3O4S/c1-20(2,3)14-6-7-17-16(12-14)23(28(5,25)26)13-18(27-17)19(24)21-15-8-10-22(4)11-9-15/h6-7,12,15,18H,8-11,13H2,1-5H3,(H,21,24)/t18-/m0/s1. The minimum Gasteiger partial charge on any atom is -0.476 e. The predicted molar refractivity (Wildman–Crippen MR) is 110 cm³/mol. The number of benzene rings is 1.